The number of ether oxygens (including phenoxy) is 1. The molecular formula is C13H21N3O3S. The van der Waals surface area contributed by atoms with E-state index in [2.05, 4.69) is 19.2 Å². The Bertz CT molecular complexity index is 613. The fourth-order valence-corrected chi connectivity index (χ4v) is 3.35. The van der Waals surface area contributed by atoms with E-state index in [1.165, 1.54) is 6.07 Å². The minimum Gasteiger partial charge on any atom is -0.399 e. The number of nitrogens with one attached hydrogen (secondary N) is 1. The number of nitrogens with two attached hydrogens (primary N) is 2. The van der Waals surface area contributed by atoms with E-state index < -0.39 is 10.0 Å². The highest BCUT2D eigenvalue weighted by Gasteiger charge is 2.48. The summed E-state index contributed by atoms with van der Waals surface area (Å²) in [6.07, 6.45) is 0.976. The highest BCUT2D eigenvalue weighted by Crippen LogP contribution is 2.44. The Kier molecular flexibility index (Phi) is 3.70. The van der Waals surface area contributed by atoms with Gasteiger partial charge in [0.05, 0.1) is 11.8 Å². The van der Waals surface area contributed by atoms with Crippen LogP contribution in [-0.4, -0.2) is 27.7 Å². The predicted octanol–water partition coefficient (Wildman–Crippen LogP) is 1.14. The molecule has 1 aliphatic carbocycles. The first kappa shape index (κ1) is 15.1. The van der Waals surface area contributed by atoms with Crippen molar-refractivity contribution in [3.05, 3.63) is 18.2 Å². The van der Waals surface area contributed by atoms with E-state index in [1.54, 1.807) is 19.2 Å². The lowest BCUT2D eigenvalue weighted by Gasteiger charge is -2.51. The smallest absolute Gasteiger partial charge is 0.240 e. The standard InChI is InChI=1S/C13H21N3O3S/c1-13(2)11(7-12(13)19-3)16-9-5-4-8(14)6-10(9)20(15,17)18/h4-6,11-12,16H,7,14H2,1-3H3,(H2,15,17,18). The van der Waals surface area contributed by atoms with Crippen LogP contribution < -0.4 is 16.2 Å². The summed E-state index contributed by atoms with van der Waals surface area (Å²) >= 11 is 0. The molecule has 0 aromatic heterocycles. The highest BCUT2D eigenvalue weighted by molar-refractivity contribution is 7.89. The van der Waals surface area contributed by atoms with Crippen molar-refractivity contribution in [1.82, 2.24) is 0 Å². The van der Waals surface area contributed by atoms with E-state index in [1.807, 2.05) is 0 Å². The van der Waals surface area contributed by atoms with Gasteiger partial charge in [-0.05, 0) is 24.6 Å². The normalized spacial score (nSPS) is 25.0. The van der Waals surface area contributed by atoms with Gasteiger partial charge < -0.3 is 15.8 Å². The summed E-state index contributed by atoms with van der Waals surface area (Å²) in [5.74, 6) is 0. The van der Waals surface area contributed by atoms with Gasteiger partial charge in [0.25, 0.3) is 0 Å². The zero-order valence-electron chi connectivity index (χ0n) is 11.9. The molecule has 0 spiro atoms. The number of benzene rings is 1. The van der Waals surface area contributed by atoms with Crippen molar-refractivity contribution in [2.24, 2.45) is 10.6 Å². The van der Waals surface area contributed by atoms with Gasteiger partial charge in [-0.1, -0.05) is 13.8 Å². The summed E-state index contributed by atoms with van der Waals surface area (Å²) in [5, 5.41) is 8.48. The Morgan fingerprint density at radius 2 is 2.05 bits per heavy atom. The molecule has 1 saturated carbocycles. The lowest BCUT2D eigenvalue weighted by molar-refractivity contribution is -0.0795. The third kappa shape index (κ3) is 2.61. The quantitative estimate of drug-likeness (QED) is 0.723. The molecule has 1 aliphatic rings. The number of sulfonamides is 1. The van der Waals surface area contributed by atoms with Crippen molar-refractivity contribution in [3.63, 3.8) is 0 Å². The minimum atomic E-state index is -3.82. The van der Waals surface area contributed by atoms with Gasteiger partial charge in [-0.3, -0.25) is 0 Å². The SMILES string of the molecule is COC1CC(Nc2ccc(N)cc2S(N)(=O)=O)C1(C)C. The van der Waals surface area contributed by atoms with Crippen LogP contribution in [0.15, 0.2) is 23.1 Å². The molecule has 1 fully saturated rings. The monoisotopic (exact) mass is 299 g/mol. The van der Waals surface area contributed by atoms with Gasteiger partial charge in [-0.15, -0.1) is 0 Å². The van der Waals surface area contributed by atoms with Crippen LogP contribution >= 0.6 is 0 Å². The molecule has 0 bridgehead atoms. The molecule has 2 rings (SSSR count). The maximum atomic E-state index is 11.6. The van der Waals surface area contributed by atoms with Gasteiger partial charge >= 0.3 is 0 Å². The van der Waals surface area contributed by atoms with Gasteiger partial charge in [0.15, 0.2) is 0 Å². The Morgan fingerprint density at radius 3 is 2.55 bits per heavy atom. The number of hydrogen-bond donors (Lipinski definition) is 3. The van der Waals surface area contributed by atoms with Crippen LogP contribution in [0.25, 0.3) is 0 Å². The second kappa shape index (κ2) is 4.91. The van der Waals surface area contributed by atoms with Crippen molar-refractivity contribution in [2.45, 2.75) is 37.3 Å². The first-order valence-corrected chi connectivity index (χ1v) is 7.92. The van der Waals surface area contributed by atoms with E-state index >= 15 is 0 Å². The van der Waals surface area contributed by atoms with Crippen molar-refractivity contribution >= 4 is 21.4 Å². The first-order valence-electron chi connectivity index (χ1n) is 6.38. The molecule has 0 radical (unpaired) electrons. The van der Waals surface area contributed by atoms with Gasteiger partial charge in [0.2, 0.25) is 10.0 Å². The number of nitrogen functional groups attached to an aromatic ring is 1. The van der Waals surface area contributed by atoms with Crippen molar-refractivity contribution < 1.29 is 13.2 Å². The molecule has 0 amide bonds. The molecule has 112 valence electrons. The maximum absolute atomic E-state index is 11.6. The number of hydrogen-bond acceptors (Lipinski definition) is 5. The van der Waals surface area contributed by atoms with Gasteiger partial charge in [0.1, 0.15) is 4.90 Å². The van der Waals surface area contributed by atoms with Gasteiger partial charge in [-0.25, -0.2) is 13.6 Å². The molecular weight excluding hydrogens is 278 g/mol. The summed E-state index contributed by atoms with van der Waals surface area (Å²) in [5.41, 5.74) is 6.40. The van der Waals surface area contributed by atoms with Crippen molar-refractivity contribution in [3.8, 4) is 0 Å². The van der Waals surface area contributed by atoms with Crippen LogP contribution in [-0.2, 0) is 14.8 Å². The summed E-state index contributed by atoms with van der Waals surface area (Å²) < 4.78 is 28.6. The average Bonchev–Trinajstić information content (AvgIpc) is 2.34. The van der Waals surface area contributed by atoms with Crippen LogP contribution in [0.4, 0.5) is 11.4 Å². The molecule has 2 atom stereocenters. The Hall–Kier alpha value is -1.31. The Labute approximate surface area is 119 Å². The van der Waals surface area contributed by atoms with Crippen LogP contribution in [0.5, 0.6) is 0 Å². The number of methoxy groups -OCH3 is 1. The summed E-state index contributed by atoms with van der Waals surface area (Å²) in [6.45, 7) is 4.16. The van der Waals surface area contributed by atoms with Crippen LogP contribution in [0, 0.1) is 5.41 Å². The molecule has 0 aliphatic heterocycles. The molecule has 7 heteroatoms. The summed E-state index contributed by atoms with van der Waals surface area (Å²) in [7, 11) is -2.13. The molecule has 0 heterocycles. The van der Waals surface area contributed by atoms with E-state index in [0.29, 0.717) is 11.4 Å². The number of rotatable bonds is 4. The number of primary sulfonamides is 1. The Morgan fingerprint density at radius 1 is 1.40 bits per heavy atom. The lowest BCUT2D eigenvalue weighted by Crippen LogP contribution is -2.57. The van der Waals surface area contributed by atoms with Crippen LogP contribution in [0.2, 0.25) is 0 Å². The van der Waals surface area contributed by atoms with Crippen LogP contribution in [0.1, 0.15) is 20.3 Å². The van der Waals surface area contributed by atoms with E-state index in [-0.39, 0.29) is 22.5 Å². The highest BCUT2D eigenvalue weighted by atomic mass is 32.2. The topological polar surface area (TPSA) is 107 Å². The second-order valence-electron chi connectivity index (χ2n) is 5.78. The van der Waals surface area contributed by atoms with Gasteiger partial charge in [-0.2, -0.15) is 0 Å². The molecule has 20 heavy (non-hydrogen) atoms. The molecule has 5 N–H and O–H groups in total. The average molecular weight is 299 g/mol. The van der Waals surface area contributed by atoms with E-state index in [0.717, 1.165) is 6.42 Å². The summed E-state index contributed by atoms with van der Waals surface area (Å²) in [4.78, 5) is 0.0224. The van der Waals surface area contributed by atoms with Gasteiger partial charge in [0, 0.05) is 24.3 Å². The molecule has 6 nitrogen and oxygen atoms in total. The molecule has 1 aromatic rings. The fourth-order valence-electron chi connectivity index (χ4n) is 2.61. The van der Waals surface area contributed by atoms with E-state index in [9.17, 15) is 8.42 Å². The van der Waals surface area contributed by atoms with E-state index in [4.69, 9.17) is 15.6 Å². The third-order valence-electron chi connectivity index (χ3n) is 4.10. The lowest BCUT2D eigenvalue weighted by atomic mass is 9.64. The maximum Gasteiger partial charge on any atom is 0.240 e. The van der Waals surface area contributed by atoms with Crippen LogP contribution in [0.3, 0.4) is 0 Å². The Balaban J connectivity index is 2.28. The van der Waals surface area contributed by atoms with Crippen molar-refractivity contribution in [1.29, 1.82) is 0 Å². The minimum absolute atomic E-state index is 0.0224. The predicted molar refractivity (Wildman–Crippen MR) is 78.8 cm³/mol. The molecule has 0 saturated heterocycles. The first-order chi connectivity index (χ1) is 9.16. The molecule has 2 unspecified atom stereocenters. The fraction of sp³-hybridized carbons (Fsp3) is 0.538. The molecule has 1 aromatic carbocycles. The zero-order valence-corrected chi connectivity index (χ0v) is 12.7. The summed E-state index contributed by atoms with van der Waals surface area (Å²) in [6, 6.07) is 4.79. The largest absolute Gasteiger partial charge is 0.399 e. The zero-order chi connectivity index (χ0) is 15.1. The van der Waals surface area contributed by atoms with Crippen molar-refractivity contribution in [2.75, 3.05) is 18.2 Å². The second-order valence-corrected chi connectivity index (χ2v) is 7.31. The number of anilines is 2. The third-order valence-corrected chi connectivity index (χ3v) is 5.05.